The molecule has 4 heterocycles. The SMILES string of the molecule is O=c1[nH]c(-c2cccnc2)nc2c1CN(Cc1cccnc1OC1CCCC1)CC2. The quantitative estimate of drug-likeness (QED) is 0.705. The van der Waals surface area contributed by atoms with E-state index < -0.39 is 0 Å². The molecular weight excluding hydrogens is 378 g/mol. The zero-order valence-corrected chi connectivity index (χ0v) is 16.9. The van der Waals surface area contributed by atoms with Crippen molar-refractivity contribution in [1.29, 1.82) is 0 Å². The lowest BCUT2D eigenvalue weighted by molar-refractivity contribution is 0.190. The predicted molar refractivity (Wildman–Crippen MR) is 113 cm³/mol. The van der Waals surface area contributed by atoms with Gasteiger partial charge in [0.25, 0.3) is 5.56 Å². The molecule has 0 bridgehead atoms. The summed E-state index contributed by atoms with van der Waals surface area (Å²) < 4.78 is 6.18. The molecule has 0 saturated heterocycles. The molecule has 154 valence electrons. The van der Waals surface area contributed by atoms with E-state index in [9.17, 15) is 4.79 Å². The first-order valence-corrected chi connectivity index (χ1v) is 10.6. The molecule has 3 aromatic rings. The van der Waals surface area contributed by atoms with Crippen molar-refractivity contribution in [2.24, 2.45) is 0 Å². The van der Waals surface area contributed by atoms with Crippen LogP contribution < -0.4 is 10.3 Å². The van der Waals surface area contributed by atoms with Gasteiger partial charge in [0, 0.05) is 55.8 Å². The van der Waals surface area contributed by atoms with E-state index in [1.54, 1.807) is 18.6 Å². The van der Waals surface area contributed by atoms with Crippen LogP contribution in [0, 0.1) is 0 Å². The lowest BCUT2D eigenvalue weighted by Crippen LogP contribution is -2.35. The van der Waals surface area contributed by atoms with Gasteiger partial charge in [-0.25, -0.2) is 9.97 Å². The molecule has 0 amide bonds. The van der Waals surface area contributed by atoms with Crippen LogP contribution in [0.4, 0.5) is 0 Å². The Morgan fingerprint density at radius 1 is 1.17 bits per heavy atom. The summed E-state index contributed by atoms with van der Waals surface area (Å²) in [6.07, 6.45) is 10.9. The van der Waals surface area contributed by atoms with Crippen molar-refractivity contribution < 1.29 is 4.74 Å². The standard InChI is InChI=1S/C23H25N5O2/c29-22-19-15-28(12-9-20(19)26-21(27-22)16-5-3-10-24-13-16)14-17-6-4-11-25-23(17)30-18-7-1-2-8-18/h3-6,10-11,13,18H,1-2,7-9,12,14-15H2,(H,26,27,29). The van der Waals surface area contributed by atoms with Gasteiger partial charge < -0.3 is 9.72 Å². The maximum Gasteiger partial charge on any atom is 0.255 e. The molecule has 1 aliphatic carbocycles. The molecule has 2 aliphatic rings. The number of pyridine rings is 2. The monoisotopic (exact) mass is 403 g/mol. The molecule has 1 N–H and O–H groups in total. The van der Waals surface area contributed by atoms with E-state index in [1.807, 2.05) is 18.2 Å². The van der Waals surface area contributed by atoms with Gasteiger partial charge >= 0.3 is 0 Å². The highest BCUT2D eigenvalue weighted by Crippen LogP contribution is 2.27. The molecule has 0 atom stereocenters. The molecule has 3 aromatic heterocycles. The number of hydrogen-bond donors (Lipinski definition) is 1. The second-order valence-electron chi connectivity index (χ2n) is 8.03. The average Bonchev–Trinajstić information content (AvgIpc) is 3.29. The molecule has 0 spiro atoms. The van der Waals surface area contributed by atoms with Gasteiger partial charge in [-0.3, -0.25) is 14.7 Å². The second kappa shape index (κ2) is 8.36. The molecule has 7 heteroatoms. The largest absolute Gasteiger partial charge is 0.474 e. The summed E-state index contributed by atoms with van der Waals surface area (Å²) in [5.41, 5.74) is 3.45. The first kappa shape index (κ1) is 18.9. The number of nitrogens with zero attached hydrogens (tertiary/aromatic N) is 4. The van der Waals surface area contributed by atoms with E-state index in [0.29, 0.717) is 18.9 Å². The molecule has 1 fully saturated rings. The summed E-state index contributed by atoms with van der Waals surface area (Å²) >= 11 is 0. The van der Waals surface area contributed by atoms with Gasteiger partial charge in [-0.05, 0) is 43.9 Å². The van der Waals surface area contributed by atoms with E-state index in [2.05, 4.69) is 25.9 Å². The van der Waals surface area contributed by atoms with Crippen LogP contribution in [0.1, 0.15) is 42.5 Å². The highest BCUT2D eigenvalue weighted by molar-refractivity contribution is 5.53. The minimum atomic E-state index is -0.0721. The van der Waals surface area contributed by atoms with Gasteiger partial charge in [-0.15, -0.1) is 0 Å². The topological polar surface area (TPSA) is 84.0 Å². The fourth-order valence-corrected chi connectivity index (χ4v) is 4.31. The Labute approximate surface area is 175 Å². The highest BCUT2D eigenvalue weighted by atomic mass is 16.5. The summed E-state index contributed by atoms with van der Waals surface area (Å²) in [7, 11) is 0. The van der Waals surface area contributed by atoms with Crippen LogP contribution in [-0.2, 0) is 19.5 Å². The lowest BCUT2D eigenvalue weighted by Gasteiger charge is -2.28. The van der Waals surface area contributed by atoms with Crippen LogP contribution in [0.3, 0.4) is 0 Å². The van der Waals surface area contributed by atoms with Gasteiger partial charge in [-0.1, -0.05) is 6.07 Å². The smallest absolute Gasteiger partial charge is 0.255 e. The fraction of sp³-hybridized carbons (Fsp3) is 0.391. The van der Waals surface area contributed by atoms with Crippen molar-refractivity contribution in [3.63, 3.8) is 0 Å². The molecule has 30 heavy (non-hydrogen) atoms. The Balaban J connectivity index is 1.34. The Kier molecular flexibility index (Phi) is 5.27. The molecular formula is C23H25N5O2. The number of aromatic nitrogens is 4. The minimum absolute atomic E-state index is 0.0721. The Morgan fingerprint density at radius 2 is 2.03 bits per heavy atom. The first-order chi connectivity index (χ1) is 14.8. The second-order valence-corrected chi connectivity index (χ2v) is 8.03. The zero-order valence-electron chi connectivity index (χ0n) is 16.9. The highest BCUT2D eigenvalue weighted by Gasteiger charge is 2.24. The third-order valence-electron chi connectivity index (χ3n) is 5.91. The minimum Gasteiger partial charge on any atom is -0.474 e. The van der Waals surface area contributed by atoms with E-state index in [-0.39, 0.29) is 11.7 Å². The lowest BCUT2D eigenvalue weighted by atomic mass is 10.1. The predicted octanol–water partition coefficient (Wildman–Crippen LogP) is 3.11. The van der Waals surface area contributed by atoms with E-state index in [0.717, 1.165) is 54.1 Å². The number of aromatic amines is 1. The van der Waals surface area contributed by atoms with Gasteiger partial charge in [0.1, 0.15) is 11.9 Å². The van der Waals surface area contributed by atoms with E-state index >= 15 is 0 Å². The molecule has 7 nitrogen and oxygen atoms in total. The Bertz CT molecular complexity index is 1080. The van der Waals surface area contributed by atoms with Crippen LogP contribution in [0.25, 0.3) is 11.4 Å². The van der Waals surface area contributed by atoms with Crippen LogP contribution in [0.2, 0.25) is 0 Å². The molecule has 0 radical (unpaired) electrons. The normalized spacial score (nSPS) is 17.1. The Morgan fingerprint density at radius 3 is 2.87 bits per heavy atom. The van der Waals surface area contributed by atoms with Gasteiger partial charge in [-0.2, -0.15) is 0 Å². The molecule has 0 unspecified atom stereocenters. The van der Waals surface area contributed by atoms with E-state index in [1.165, 1.54) is 12.8 Å². The maximum atomic E-state index is 12.8. The summed E-state index contributed by atoms with van der Waals surface area (Å²) in [5.74, 6) is 1.31. The average molecular weight is 403 g/mol. The van der Waals surface area contributed by atoms with Crippen LogP contribution in [0.15, 0.2) is 47.7 Å². The first-order valence-electron chi connectivity index (χ1n) is 10.6. The number of nitrogens with one attached hydrogen (secondary N) is 1. The number of fused-ring (bicyclic) bond motifs is 1. The van der Waals surface area contributed by atoms with Crippen molar-refractivity contribution in [2.45, 2.75) is 51.3 Å². The van der Waals surface area contributed by atoms with Crippen LogP contribution in [-0.4, -0.2) is 37.5 Å². The van der Waals surface area contributed by atoms with Crippen molar-refractivity contribution in [3.05, 3.63) is 70.0 Å². The molecule has 1 saturated carbocycles. The third kappa shape index (κ3) is 3.98. The molecule has 5 rings (SSSR count). The van der Waals surface area contributed by atoms with Crippen LogP contribution in [0.5, 0.6) is 5.88 Å². The van der Waals surface area contributed by atoms with Crippen molar-refractivity contribution in [2.75, 3.05) is 6.54 Å². The maximum absolute atomic E-state index is 12.8. The third-order valence-corrected chi connectivity index (χ3v) is 5.91. The number of ether oxygens (including phenoxy) is 1. The summed E-state index contributed by atoms with van der Waals surface area (Å²) in [4.78, 5) is 31.3. The molecule has 1 aliphatic heterocycles. The number of rotatable bonds is 5. The van der Waals surface area contributed by atoms with Crippen molar-refractivity contribution >= 4 is 0 Å². The van der Waals surface area contributed by atoms with Gasteiger partial charge in [0.05, 0.1) is 11.3 Å². The van der Waals surface area contributed by atoms with Crippen molar-refractivity contribution in [3.8, 4) is 17.3 Å². The van der Waals surface area contributed by atoms with Crippen LogP contribution >= 0.6 is 0 Å². The number of H-pyrrole nitrogens is 1. The zero-order chi connectivity index (χ0) is 20.3. The Hall–Kier alpha value is -3.06. The number of hydrogen-bond acceptors (Lipinski definition) is 6. The summed E-state index contributed by atoms with van der Waals surface area (Å²) in [6, 6.07) is 7.76. The summed E-state index contributed by atoms with van der Waals surface area (Å²) in [5, 5.41) is 0. The fourth-order valence-electron chi connectivity index (χ4n) is 4.31. The van der Waals surface area contributed by atoms with Crippen molar-refractivity contribution in [1.82, 2.24) is 24.8 Å². The van der Waals surface area contributed by atoms with Gasteiger partial charge in [0.15, 0.2) is 0 Å². The summed E-state index contributed by atoms with van der Waals surface area (Å²) in [6.45, 7) is 2.12. The van der Waals surface area contributed by atoms with E-state index in [4.69, 9.17) is 9.72 Å². The molecule has 0 aromatic carbocycles. The van der Waals surface area contributed by atoms with Gasteiger partial charge in [0.2, 0.25) is 5.88 Å².